The lowest BCUT2D eigenvalue weighted by molar-refractivity contribution is 0.0524. The number of fused-ring (bicyclic) bond motifs is 3. The molecule has 0 amide bonds. The number of pyridine rings is 1. The lowest BCUT2D eigenvalue weighted by Crippen LogP contribution is -2.32. The Kier molecular flexibility index (Phi) is 3.26. The van der Waals surface area contributed by atoms with Gasteiger partial charge in [-0.05, 0) is 31.2 Å². The van der Waals surface area contributed by atoms with E-state index in [2.05, 4.69) is 4.98 Å². The number of hydrogen-bond donors (Lipinski definition) is 0. The summed E-state index contributed by atoms with van der Waals surface area (Å²) in [4.78, 5) is 33.1. The maximum Gasteiger partial charge on any atom is 0.533 e. The molecule has 0 saturated carbocycles. The Balaban J connectivity index is 2.34. The van der Waals surface area contributed by atoms with Crippen LogP contribution < -0.4 is 10.4 Å². The van der Waals surface area contributed by atoms with E-state index in [1.54, 1.807) is 31.3 Å². The molecule has 0 saturated heterocycles. The SMILES string of the molecule is CCOC(=O)On1c(=O)c2ccc(Cl)n2c2ncccc21. The maximum atomic E-state index is 12.4. The van der Waals surface area contributed by atoms with Crippen molar-refractivity contribution in [2.24, 2.45) is 0 Å². The van der Waals surface area contributed by atoms with Crippen molar-refractivity contribution in [3.8, 4) is 0 Å². The van der Waals surface area contributed by atoms with Crippen molar-refractivity contribution in [1.29, 1.82) is 0 Å². The highest BCUT2D eigenvalue weighted by atomic mass is 35.5. The average molecular weight is 308 g/mol. The Hall–Kier alpha value is -2.54. The first-order chi connectivity index (χ1) is 10.1. The summed E-state index contributed by atoms with van der Waals surface area (Å²) in [6.45, 7) is 1.78. The van der Waals surface area contributed by atoms with Crippen LogP contribution in [-0.4, -0.2) is 26.9 Å². The van der Waals surface area contributed by atoms with Crippen molar-refractivity contribution in [2.45, 2.75) is 6.92 Å². The van der Waals surface area contributed by atoms with Gasteiger partial charge < -0.3 is 4.74 Å². The Morgan fingerprint density at radius 2 is 2.14 bits per heavy atom. The van der Waals surface area contributed by atoms with E-state index in [4.69, 9.17) is 21.2 Å². The van der Waals surface area contributed by atoms with E-state index >= 15 is 0 Å². The lowest BCUT2D eigenvalue weighted by atomic mass is 10.4. The summed E-state index contributed by atoms with van der Waals surface area (Å²) in [7, 11) is 0. The topological polar surface area (TPSA) is 74.8 Å². The zero-order valence-electron chi connectivity index (χ0n) is 10.9. The van der Waals surface area contributed by atoms with Crippen LogP contribution >= 0.6 is 11.6 Å². The van der Waals surface area contributed by atoms with Crippen molar-refractivity contribution in [2.75, 3.05) is 6.61 Å². The maximum absolute atomic E-state index is 12.4. The fraction of sp³-hybridized carbons (Fsp3) is 0.154. The van der Waals surface area contributed by atoms with Crippen LogP contribution in [0.15, 0.2) is 35.3 Å². The fourth-order valence-electron chi connectivity index (χ4n) is 2.04. The monoisotopic (exact) mass is 307 g/mol. The van der Waals surface area contributed by atoms with Crippen LogP contribution in [0, 0.1) is 0 Å². The molecule has 0 radical (unpaired) electrons. The van der Waals surface area contributed by atoms with E-state index in [9.17, 15) is 9.59 Å². The minimum absolute atomic E-state index is 0.142. The zero-order chi connectivity index (χ0) is 15.0. The molecule has 0 fully saturated rings. The molecule has 3 aromatic heterocycles. The first-order valence-electron chi connectivity index (χ1n) is 6.15. The normalized spacial score (nSPS) is 11.0. The molecule has 0 aromatic carbocycles. The Bertz CT molecular complexity index is 899. The molecule has 0 aliphatic heterocycles. The highest BCUT2D eigenvalue weighted by Gasteiger charge is 2.17. The van der Waals surface area contributed by atoms with Gasteiger partial charge in [0.1, 0.15) is 16.2 Å². The number of hydrogen-bond acceptors (Lipinski definition) is 5. The molecule has 0 atom stereocenters. The number of nitrogens with zero attached hydrogens (tertiary/aromatic N) is 3. The van der Waals surface area contributed by atoms with Crippen molar-refractivity contribution in [3.63, 3.8) is 0 Å². The second kappa shape index (κ2) is 5.10. The highest BCUT2D eigenvalue weighted by molar-refractivity contribution is 6.30. The number of carbonyl (C=O) groups excluding carboxylic acids is 1. The molecule has 3 aromatic rings. The molecule has 0 bridgehead atoms. The van der Waals surface area contributed by atoms with Gasteiger partial charge in [0.2, 0.25) is 0 Å². The van der Waals surface area contributed by atoms with Crippen molar-refractivity contribution in [3.05, 3.63) is 46.0 Å². The molecule has 0 aliphatic rings. The van der Waals surface area contributed by atoms with E-state index in [1.165, 1.54) is 10.5 Å². The minimum atomic E-state index is -0.966. The molecular formula is C13H10ClN3O4. The zero-order valence-corrected chi connectivity index (χ0v) is 11.7. The third kappa shape index (κ3) is 2.11. The van der Waals surface area contributed by atoms with Gasteiger partial charge in [-0.3, -0.25) is 14.0 Å². The number of aromatic nitrogens is 3. The lowest BCUT2D eigenvalue weighted by Gasteiger charge is -2.11. The van der Waals surface area contributed by atoms with E-state index in [-0.39, 0.29) is 12.1 Å². The van der Waals surface area contributed by atoms with E-state index in [0.29, 0.717) is 16.3 Å². The van der Waals surface area contributed by atoms with E-state index < -0.39 is 11.7 Å². The smallest absolute Gasteiger partial charge is 0.433 e. The third-order valence-electron chi connectivity index (χ3n) is 2.86. The molecule has 0 N–H and O–H groups in total. The van der Waals surface area contributed by atoms with Gasteiger partial charge in [0.15, 0.2) is 5.65 Å². The molecule has 7 nitrogen and oxygen atoms in total. The molecular weight excluding hydrogens is 298 g/mol. The number of halogens is 1. The molecule has 8 heteroatoms. The van der Waals surface area contributed by atoms with Gasteiger partial charge in [-0.25, -0.2) is 9.78 Å². The standard InChI is InChI=1S/C13H10ClN3O4/c1-2-20-13(19)21-17-8-4-3-7-15-11(8)16-9(12(17)18)5-6-10(16)14/h3-7H,2H2,1H3. The van der Waals surface area contributed by atoms with Crippen molar-refractivity contribution >= 4 is 34.4 Å². The quantitative estimate of drug-likeness (QED) is 0.676. The molecule has 21 heavy (non-hydrogen) atoms. The second-order valence-electron chi connectivity index (χ2n) is 4.10. The molecule has 108 valence electrons. The van der Waals surface area contributed by atoms with Crippen LogP contribution in [0.1, 0.15) is 6.92 Å². The van der Waals surface area contributed by atoms with Gasteiger partial charge in [-0.15, -0.1) is 4.73 Å². The van der Waals surface area contributed by atoms with Crippen molar-refractivity contribution in [1.82, 2.24) is 14.1 Å². The van der Waals surface area contributed by atoms with Gasteiger partial charge in [0.25, 0.3) is 0 Å². The summed E-state index contributed by atoms with van der Waals surface area (Å²) in [6, 6.07) is 6.32. The molecule has 0 spiro atoms. The molecule has 3 heterocycles. The van der Waals surface area contributed by atoms with Gasteiger partial charge >= 0.3 is 11.7 Å². The van der Waals surface area contributed by atoms with E-state index in [0.717, 1.165) is 4.73 Å². The van der Waals surface area contributed by atoms with Crippen LogP contribution in [0.4, 0.5) is 4.79 Å². The average Bonchev–Trinajstić information content (AvgIpc) is 2.86. The van der Waals surface area contributed by atoms with Gasteiger partial charge in [-0.1, -0.05) is 11.6 Å². The van der Waals surface area contributed by atoms with Gasteiger partial charge in [0, 0.05) is 6.20 Å². The highest BCUT2D eigenvalue weighted by Crippen LogP contribution is 2.18. The molecule has 3 rings (SSSR count). The fourth-order valence-corrected chi connectivity index (χ4v) is 2.27. The Morgan fingerprint density at radius 1 is 1.33 bits per heavy atom. The van der Waals surface area contributed by atoms with Crippen molar-refractivity contribution < 1.29 is 14.4 Å². The minimum Gasteiger partial charge on any atom is -0.433 e. The summed E-state index contributed by atoms with van der Waals surface area (Å²) in [5.41, 5.74) is 0.415. The Labute approximate surface area is 123 Å². The number of carbonyl (C=O) groups is 1. The largest absolute Gasteiger partial charge is 0.533 e. The first kappa shape index (κ1) is 13.4. The van der Waals surface area contributed by atoms with Crippen LogP contribution in [-0.2, 0) is 4.74 Å². The predicted molar refractivity (Wildman–Crippen MR) is 75.6 cm³/mol. The van der Waals surface area contributed by atoms with Crippen LogP contribution in [0.25, 0.3) is 16.7 Å². The van der Waals surface area contributed by atoms with Gasteiger partial charge in [-0.2, -0.15) is 0 Å². The summed E-state index contributed by atoms with van der Waals surface area (Å²) in [5.74, 6) is 0. The second-order valence-corrected chi connectivity index (χ2v) is 4.48. The summed E-state index contributed by atoms with van der Waals surface area (Å²) >= 11 is 6.07. The van der Waals surface area contributed by atoms with Crippen LogP contribution in [0.2, 0.25) is 5.15 Å². The van der Waals surface area contributed by atoms with E-state index in [1.807, 2.05) is 0 Å². The Morgan fingerprint density at radius 3 is 2.90 bits per heavy atom. The van der Waals surface area contributed by atoms with Gasteiger partial charge in [0.05, 0.1) is 6.61 Å². The van der Waals surface area contributed by atoms with Crippen LogP contribution in [0.5, 0.6) is 0 Å². The number of ether oxygens (including phenoxy) is 1. The predicted octanol–water partition coefficient (Wildman–Crippen LogP) is 1.89. The summed E-state index contributed by atoms with van der Waals surface area (Å²) in [5, 5.41) is 0.342. The summed E-state index contributed by atoms with van der Waals surface area (Å²) in [6.07, 6.45) is 0.587. The van der Waals surface area contributed by atoms with Crippen LogP contribution in [0.3, 0.4) is 0 Å². The third-order valence-corrected chi connectivity index (χ3v) is 3.16. The first-order valence-corrected chi connectivity index (χ1v) is 6.53. The molecule has 0 unspecified atom stereocenters. The number of rotatable bonds is 2. The summed E-state index contributed by atoms with van der Waals surface area (Å²) < 4.78 is 7.04. The molecule has 0 aliphatic carbocycles.